The molecule has 0 bridgehead atoms. The van der Waals surface area contributed by atoms with Gasteiger partial charge in [0.1, 0.15) is 5.75 Å². The summed E-state index contributed by atoms with van der Waals surface area (Å²) in [4.78, 5) is 12.2. The van der Waals surface area contributed by atoms with Gasteiger partial charge in [-0.05, 0) is 56.0 Å². The van der Waals surface area contributed by atoms with Gasteiger partial charge in [-0.3, -0.25) is 4.79 Å². The Balaban J connectivity index is 1.93. The number of hydrogen-bond donors (Lipinski definition) is 2. The van der Waals surface area contributed by atoms with E-state index in [9.17, 15) is 4.79 Å². The van der Waals surface area contributed by atoms with Crippen molar-refractivity contribution in [2.24, 2.45) is 0 Å². The van der Waals surface area contributed by atoms with E-state index in [2.05, 4.69) is 37.5 Å². The summed E-state index contributed by atoms with van der Waals surface area (Å²) in [5.74, 6) is 0.716. The minimum absolute atomic E-state index is 0.0342. The molecule has 1 heterocycles. The van der Waals surface area contributed by atoms with Gasteiger partial charge in [0.2, 0.25) is 0 Å². The van der Waals surface area contributed by atoms with Crippen molar-refractivity contribution in [1.29, 1.82) is 0 Å². The van der Waals surface area contributed by atoms with Crippen LogP contribution in [-0.2, 0) is 10.2 Å². The lowest BCUT2D eigenvalue weighted by Gasteiger charge is -2.25. The van der Waals surface area contributed by atoms with Crippen molar-refractivity contribution in [3.63, 3.8) is 0 Å². The molecule has 1 atom stereocenters. The Morgan fingerprint density at radius 2 is 2.00 bits per heavy atom. The summed E-state index contributed by atoms with van der Waals surface area (Å²) in [6.07, 6.45) is 1.49. The van der Waals surface area contributed by atoms with E-state index in [1.54, 1.807) is 6.92 Å². The van der Waals surface area contributed by atoms with Crippen LogP contribution in [-0.4, -0.2) is 31.1 Å². The van der Waals surface area contributed by atoms with Gasteiger partial charge in [-0.2, -0.15) is 0 Å². The molecule has 2 N–H and O–H groups in total. The Bertz CT molecular complexity index is 502. The van der Waals surface area contributed by atoms with Crippen LogP contribution in [0.3, 0.4) is 0 Å². The second kappa shape index (κ2) is 7.14. The van der Waals surface area contributed by atoms with Gasteiger partial charge in [0.05, 0.1) is 0 Å². The van der Waals surface area contributed by atoms with Crippen LogP contribution in [0.25, 0.3) is 0 Å². The highest BCUT2D eigenvalue weighted by Crippen LogP contribution is 2.26. The SMILES string of the molecule is CC(Oc1cccc(C(C)(C)C)c1)C(=O)NC1CCNCC1. The maximum atomic E-state index is 12.2. The van der Waals surface area contributed by atoms with Gasteiger partial charge in [0.25, 0.3) is 5.91 Å². The molecular weight excluding hydrogens is 276 g/mol. The molecule has 1 aliphatic heterocycles. The van der Waals surface area contributed by atoms with Gasteiger partial charge in [0, 0.05) is 6.04 Å². The minimum Gasteiger partial charge on any atom is -0.481 e. The predicted molar refractivity (Wildman–Crippen MR) is 89.3 cm³/mol. The average Bonchev–Trinajstić information content (AvgIpc) is 2.47. The highest BCUT2D eigenvalue weighted by atomic mass is 16.5. The number of benzene rings is 1. The van der Waals surface area contributed by atoms with E-state index < -0.39 is 6.10 Å². The van der Waals surface area contributed by atoms with Gasteiger partial charge in [0.15, 0.2) is 6.10 Å². The molecule has 1 aromatic rings. The van der Waals surface area contributed by atoms with Gasteiger partial charge in [-0.1, -0.05) is 32.9 Å². The van der Waals surface area contributed by atoms with Crippen molar-refractivity contribution >= 4 is 5.91 Å². The molecule has 0 aromatic heterocycles. The van der Waals surface area contributed by atoms with Crippen LogP contribution in [0.2, 0.25) is 0 Å². The predicted octanol–water partition coefficient (Wildman–Crippen LogP) is 2.62. The first-order valence-electron chi connectivity index (χ1n) is 8.14. The summed E-state index contributed by atoms with van der Waals surface area (Å²) in [5.41, 5.74) is 1.27. The quantitative estimate of drug-likeness (QED) is 0.899. The van der Waals surface area contributed by atoms with Crippen LogP contribution in [0.5, 0.6) is 5.75 Å². The molecule has 4 heteroatoms. The summed E-state index contributed by atoms with van der Waals surface area (Å²) >= 11 is 0. The van der Waals surface area contributed by atoms with Crippen molar-refractivity contribution in [2.75, 3.05) is 13.1 Å². The number of nitrogens with one attached hydrogen (secondary N) is 2. The smallest absolute Gasteiger partial charge is 0.260 e. The van der Waals surface area contributed by atoms with Crippen molar-refractivity contribution in [2.45, 2.75) is 58.1 Å². The lowest BCUT2D eigenvalue weighted by molar-refractivity contribution is -0.128. The van der Waals surface area contributed by atoms with Crippen LogP contribution < -0.4 is 15.4 Å². The van der Waals surface area contributed by atoms with Crippen LogP contribution >= 0.6 is 0 Å². The Kier molecular flexibility index (Phi) is 5.46. The Hall–Kier alpha value is -1.55. The average molecular weight is 304 g/mol. The topological polar surface area (TPSA) is 50.4 Å². The standard InChI is InChI=1S/C18H28N2O2/c1-13(17(21)20-15-8-10-19-11-9-15)22-16-7-5-6-14(12-16)18(2,3)4/h5-7,12-13,15,19H,8-11H2,1-4H3,(H,20,21). The molecule has 0 aliphatic carbocycles. The zero-order valence-corrected chi connectivity index (χ0v) is 14.1. The molecule has 1 unspecified atom stereocenters. The lowest BCUT2D eigenvalue weighted by atomic mass is 9.87. The molecule has 1 aromatic carbocycles. The third kappa shape index (κ3) is 4.73. The first-order chi connectivity index (χ1) is 10.4. The molecule has 1 saturated heterocycles. The fraction of sp³-hybridized carbons (Fsp3) is 0.611. The number of amides is 1. The monoisotopic (exact) mass is 304 g/mol. The highest BCUT2D eigenvalue weighted by molar-refractivity contribution is 5.81. The third-order valence-electron chi connectivity index (χ3n) is 4.07. The van der Waals surface area contributed by atoms with E-state index in [-0.39, 0.29) is 17.4 Å². The molecule has 0 radical (unpaired) electrons. The largest absolute Gasteiger partial charge is 0.481 e. The first-order valence-corrected chi connectivity index (χ1v) is 8.14. The summed E-state index contributed by atoms with van der Waals surface area (Å²) < 4.78 is 5.83. The molecule has 122 valence electrons. The molecule has 22 heavy (non-hydrogen) atoms. The number of ether oxygens (including phenoxy) is 1. The van der Waals surface area contributed by atoms with Gasteiger partial charge < -0.3 is 15.4 Å². The zero-order chi connectivity index (χ0) is 16.2. The van der Waals surface area contributed by atoms with E-state index >= 15 is 0 Å². The summed E-state index contributed by atoms with van der Waals surface area (Å²) in [5, 5.41) is 6.37. The van der Waals surface area contributed by atoms with Crippen LogP contribution in [0.1, 0.15) is 46.1 Å². The second-order valence-corrected chi connectivity index (χ2v) is 7.07. The number of carbonyl (C=O) groups is 1. The van der Waals surface area contributed by atoms with E-state index in [0.717, 1.165) is 31.7 Å². The summed E-state index contributed by atoms with van der Waals surface area (Å²) in [6, 6.07) is 8.26. The van der Waals surface area contributed by atoms with Crippen molar-refractivity contribution in [3.8, 4) is 5.75 Å². The molecular formula is C18H28N2O2. The molecule has 1 amide bonds. The maximum absolute atomic E-state index is 12.2. The van der Waals surface area contributed by atoms with E-state index in [1.165, 1.54) is 5.56 Å². The molecule has 2 rings (SSSR count). The van der Waals surface area contributed by atoms with Gasteiger partial charge >= 0.3 is 0 Å². The van der Waals surface area contributed by atoms with Crippen molar-refractivity contribution in [3.05, 3.63) is 29.8 Å². The molecule has 1 fully saturated rings. The van der Waals surface area contributed by atoms with Crippen LogP contribution in [0, 0.1) is 0 Å². The number of piperidine rings is 1. The number of hydrogen-bond acceptors (Lipinski definition) is 3. The van der Waals surface area contributed by atoms with Crippen molar-refractivity contribution in [1.82, 2.24) is 10.6 Å². The van der Waals surface area contributed by atoms with Gasteiger partial charge in [-0.15, -0.1) is 0 Å². The van der Waals surface area contributed by atoms with E-state index in [0.29, 0.717) is 0 Å². The second-order valence-electron chi connectivity index (χ2n) is 7.07. The molecule has 1 aliphatic rings. The zero-order valence-electron chi connectivity index (χ0n) is 14.1. The number of rotatable bonds is 4. The van der Waals surface area contributed by atoms with Crippen LogP contribution in [0.4, 0.5) is 0 Å². The summed E-state index contributed by atoms with van der Waals surface area (Å²) in [6.45, 7) is 10.2. The fourth-order valence-corrected chi connectivity index (χ4v) is 2.58. The molecule has 4 nitrogen and oxygen atoms in total. The van der Waals surface area contributed by atoms with Crippen LogP contribution in [0.15, 0.2) is 24.3 Å². The maximum Gasteiger partial charge on any atom is 0.260 e. The Morgan fingerprint density at radius 3 is 2.64 bits per heavy atom. The third-order valence-corrected chi connectivity index (χ3v) is 4.07. The van der Waals surface area contributed by atoms with Gasteiger partial charge in [-0.25, -0.2) is 0 Å². The van der Waals surface area contributed by atoms with E-state index in [4.69, 9.17) is 4.74 Å². The lowest BCUT2D eigenvalue weighted by Crippen LogP contribution is -2.47. The van der Waals surface area contributed by atoms with Crippen molar-refractivity contribution < 1.29 is 9.53 Å². The van der Waals surface area contributed by atoms with E-state index in [1.807, 2.05) is 18.2 Å². The number of carbonyl (C=O) groups excluding carboxylic acids is 1. The first kappa shape index (κ1) is 16.8. The molecule has 0 spiro atoms. The fourth-order valence-electron chi connectivity index (χ4n) is 2.58. The highest BCUT2D eigenvalue weighted by Gasteiger charge is 2.21. The molecule has 0 saturated carbocycles. The Labute approximate surface area is 133 Å². The minimum atomic E-state index is -0.481. The normalized spacial score (nSPS) is 17.8. The Morgan fingerprint density at radius 1 is 1.32 bits per heavy atom. The summed E-state index contributed by atoms with van der Waals surface area (Å²) in [7, 11) is 0.